The van der Waals surface area contributed by atoms with Gasteiger partial charge in [-0.2, -0.15) is 0 Å². The van der Waals surface area contributed by atoms with Crippen LogP contribution in [0.3, 0.4) is 0 Å². The van der Waals surface area contributed by atoms with Crippen LogP contribution in [-0.2, 0) is 0 Å². The molecule has 0 spiro atoms. The number of allylic oxidation sites excluding steroid dienone is 3. The van der Waals surface area contributed by atoms with Crippen LogP contribution in [-0.4, -0.2) is 11.4 Å². The highest BCUT2D eigenvalue weighted by atomic mass is 15.1. The Hall–Kier alpha value is -2.02. The number of hydrogen-bond acceptors (Lipinski definition) is 1. The van der Waals surface area contributed by atoms with Gasteiger partial charge in [-0.05, 0) is 24.1 Å². The van der Waals surface area contributed by atoms with E-state index in [9.17, 15) is 0 Å². The zero-order valence-corrected chi connectivity index (χ0v) is 10.2. The third kappa shape index (κ3) is 2.23. The van der Waals surface area contributed by atoms with E-state index < -0.39 is 0 Å². The zero-order valence-electron chi connectivity index (χ0n) is 10.2. The maximum atomic E-state index is 4.08. The van der Waals surface area contributed by atoms with Crippen LogP contribution in [0, 0.1) is 0 Å². The van der Waals surface area contributed by atoms with Gasteiger partial charge in [0.2, 0.25) is 0 Å². The minimum absolute atomic E-state index is 0.782. The van der Waals surface area contributed by atoms with Crippen LogP contribution in [0.4, 0.5) is 0 Å². The SMILES string of the molecule is C=CCN1C(=C)C=CC(C)=C1c1ccccc1. The molecule has 0 radical (unpaired) electrons. The summed E-state index contributed by atoms with van der Waals surface area (Å²) in [6, 6.07) is 10.4. The number of hydrogen-bond donors (Lipinski definition) is 0. The average Bonchev–Trinajstić information content (AvgIpc) is 2.35. The topological polar surface area (TPSA) is 3.24 Å². The quantitative estimate of drug-likeness (QED) is 0.700. The Kier molecular flexibility index (Phi) is 3.29. The van der Waals surface area contributed by atoms with Crippen molar-refractivity contribution in [1.82, 2.24) is 4.90 Å². The lowest BCUT2D eigenvalue weighted by Crippen LogP contribution is -2.23. The minimum atomic E-state index is 0.782. The molecule has 0 saturated carbocycles. The lowest BCUT2D eigenvalue weighted by molar-refractivity contribution is 0.555. The molecule has 1 heteroatoms. The lowest BCUT2D eigenvalue weighted by Gasteiger charge is -2.31. The molecule has 0 N–H and O–H groups in total. The van der Waals surface area contributed by atoms with Gasteiger partial charge in [-0.25, -0.2) is 0 Å². The molecule has 1 heterocycles. The highest BCUT2D eigenvalue weighted by Gasteiger charge is 2.17. The summed E-state index contributed by atoms with van der Waals surface area (Å²) >= 11 is 0. The predicted octanol–water partition coefficient (Wildman–Crippen LogP) is 3.99. The van der Waals surface area contributed by atoms with Crippen molar-refractivity contribution < 1.29 is 0 Å². The third-order valence-electron chi connectivity index (χ3n) is 2.87. The number of rotatable bonds is 3. The van der Waals surface area contributed by atoms with Gasteiger partial charge in [-0.3, -0.25) is 0 Å². The fraction of sp³-hybridized carbons (Fsp3) is 0.125. The first-order valence-corrected chi connectivity index (χ1v) is 5.75. The first-order chi connectivity index (χ1) is 8.24. The molecule has 0 amide bonds. The summed E-state index contributed by atoms with van der Waals surface area (Å²) in [6.45, 7) is 10.8. The van der Waals surface area contributed by atoms with Gasteiger partial charge in [-0.1, -0.05) is 49.1 Å². The van der Waals surface area contributed by atoms with Crippen molar-refractivity contribution in [1.29, 1.82) is 0 Å². The minimum Gasteiger partial charge on any atom is -0.337 e. The van der Waals surface area contributed by atoms with E-state index in [2.05, 4.69) is 55.3 Å². The van der Waals surface area contributed by atoms with Crippen molar-refractivity contribution >= 4 is 5.70 Å². The highest BCUT2D eigenvalue weighted by Crippen LogP contribution is 2.30. The van der Waals surface area contributed by atoms with E-state index in [-0.39, 0.29) is 0 Å². The zero-order chi connectivity index (χ0) is 12.3. The van der Waals surface area contributed by atoms with Gasteiger partial charge in [0.05, 0.1) is 5.70 Å². The standard InChI is InChI=1S/C16H17N/c1-4-12-17-14(3)11-10-13(2)16(17)15-8-6-5-7-9-15/h4-11H,1,3,12H2,2H3. The average molecular weight is 223 g/mol. The van der Waals surface area contributed by atoms with Crippen molar-refractivity contribution in [3.05, 3.63) is 78.6 Å². The van der Waals surface area contributed by atoms with Gasteiger partial charge in [0.25, 0.3) is 0 Å². The Morgan fingerprint density at radius 3 is 2.53 bits per heavy atom. The lowest BCUT2D eigenvalue weighted by atomic mass is 10.0. The molecular weight excluding hydrogens is 206 g/mol. The summed E-state index contributed by atoms with van der Waals surface area (Å²) in [4.78, 5) is 2.19. The fourth-order valence-corrected chi connectivity index (χ4v) is 2.06. The molecule has 0 saturated heterocycles. The van der Waals surface area contributed by atoms with Crippen molar-refractivity contribution in [2.75, 3.05) is 6.54 Å². The van der Waals surface area contributed by atoms with Gasteiger partial charge >= 0.3 is 0 Å². The third-order valence-corrected chi connectivity index (χ3v) is 2.87. The molecule has 1 aliphatic rings. The van der Waals surface area contributed by atoms with E-state index >= 15 is 0 Å². The smallest absolute Gasteiger partial charge is 0.0516 e. The Morgan fingerprint density at radius 1 is 1.18 bits per heavy atom. The van der Waals surface area contributed by atoms with Crippen LogP contribution in [0.15, 0.2) is 73.0 Å². The molecule has 1 aromatic rings. The Morgan fingerprint density at radius 2 is 1.88 bits per heavy atom. The van der Waals surface area contributed by atoms with E-state index in [1.165, 1.54) is 16.8 Å². The van der Waals surface area contributed by atoms with Crippen LogP contribution in [0.1, 0.15) is 12.5 Å². The second-order valence-corrected chi connectivity index (χ2v) is 4.12. The van der Waals surface area contributed by atoms with E-state index in [0.717, 1.165) is 12.2 Å². The van der Waals surface area contributed by atoms with Crippen molar-refractivity contribution in [3.8, 4) is 0 Å². The van der Waals surface area contributed by atoms with Crippen LogP contribution in [0.25, 0.3) is 5.70 Å². The molecule has 0 aliphatic carbocycles. The summed E-state index contributed by atoms with van der Waals surface area (Å²) in [6.07, 6.45) is 6.07. The van der Waals surface area contributed by atoms with Crippen LogP contribution in [0.2, 0.25) is 0 Å². The molecule has 1 aromatic carbocycles. The molecular formula is C16H17N. The van der Waals surface area contributed by atoms with Crippen LogP contribution in [0.5, 0.6) is 0 Å². The molecule has 1 aliphatic heterocycles. The maximum Gasteiger partial charge on any atom is 0.0516 e. The summed E-state index contributed by atoms with van der Waals surface area (Å²) in [5.74, 6) is 0. The van der Waals surface area contributed by atoms with Crippen molar-refractivity contribution in [2.24, 2.45) is 0 Å². The summed E-state index contributed by atoms with van der Waals surface area (Å²) < 4.78 is 0. The summed E-state index contributed by atoms with van der Waals surface area (Å²) in [5, 5.41) is 0. The molecule has 0 fully saturated rings. The summed E-state index contributed by atoms with van der Waals surface area (Å²) in [5.41, 5.74) is 4.70. The van der Waals surface area contributed by atoms with Gasteiger partial charge in [0.1, 0.15) is 0 Å². The molecule has 1 nitrogen and oxygen atoms in total. The Balaban J connectivity index is 2.49. The molecule has 0 bridgehead atoms. The van der Waals surface area contributed by atoms with Crippen molar-refractivity contribution in [3.63, 3.8) is 0 Å². The van der Waals surface area contributed by atoms with Gasteiger partial charge < -0.3 is 4.90 Å². The first kappa shape index (κ1) is 11.5. The van der Waals surface area contributed by atoms with E-state index in [0.29, 0.717) is 0 Å². The number of benzene rings is 1. The van der Waals surface area contributed by atoms with Crippen LogP contribution < -0.4 is 0 Å². The molecule has 17 heavy (non-hydrogen) atoms. The molecule has 0 atom stereocenters. The van der Waals surface area contributed by atoms with E-state index in [4.69, 9.17) is 0 Å². The Bertz CT molecular complexity index is 492. The predicted molar refractivity (Wildman–Crippen MR) is 74.2 cm³/mol. The van der Waals surface area contributed by atoms with E-state index in [1.54, 1.807) is 0 Å². The second-order valence-electron chi connectivity index (χ2n) is 4.12. The summed E-state index contributed by atoms with van der Waals surface area (Å²) in [7, 11) is 0. The van der Waals surface area contributed by atoms with Gasteiger partial charge in [-0.15, -0.1) is 6.58 Å². The second kappa shape index (κ2) is 4.88. The fourth-order valence-electron chi connectivity index (χ4n) is 2.06. The molecule has 86 valence electrons. The van der Waals surface area contributed by atoms with Crippen LogP contribution >= 0.6 is 0 Å². The molecule has 0 unspecified atom stereocenters. The normalized spacial score (nSPS) is 15.4. The first-order valence-electron chi connectivity index (χ1n) is 5.75. The highest BCUT2D eigenvalue weighted by molar-refractivity contribution is 5.73. The Labute approximate surface area is 103 Å². The van der Waals surface area contributed by atoms with Gasteiger partial charge in [0, 0.05) is 12.2 Å². The van der Waals surface area contributed by atoms with Gasteiger partial charge in [0.15, 0.2) is 0 Å². The largest absolute Gasteiger partial charge is 0.337 e. The van der Waals surface area contributed by atoms with Crippen molar-refractivity contribution in [2.45, 2.75) is 6.92 Å². The number of nitrogens with zero attached hydrogens (tertiary/aromatic N) is 1. The monoisotopic (exact) mass is 223 g/mol. The molecule has 0 aromatic heterocycles. The van der Waals surface area contributed by atoms with E-state index in [1.807, 2.05) is 18.2 Å². The molecule has 2 rings (SSSR count). The maximum absolute atomic E-state index is 4.08.